The molecular weight excluding hydrogens is 199 g/mol. The topological polar surface area (TPSA) is 62.2 Å². The van der Waals surface area contributed by atoms with Crippen LogP contribution in [-0.4, -0.2) is 22.6 Å². The van der Waals surface area contributed by atoms with Crippen molar-refractivity contribution in [2.75, 3.05) is 11.9 Å². The van der Waals surface area contributed by atoms with Crippen LogP contribution in [0.5, 0.6) is 0 Å². The minimum atomic E-state index is -1.15. The van der Waals surface area contributed by atoms with Crippen LogP contribution in [0.25, 0.3) is 0 Å². The van der Waals surface area contributed by atoms with E-state index in [-0.39, 0.29) is 11.4 Å². The van der Waals surface area contributed by atoms with Crippen molar-refractivity contribution in [2.24, 2.45) is 5.92 Å². The minimum absolute atomic E-state index is 0.144. The summed E-state index contributed by atoms with van der Waals surface area (Å²) in [5.74, 6) is -1.06. The standard InChI is InChI=1S/C10H11FN2O2/c11-7-5-13-9(10(14)15)3-8(7)12-4-6-1-2-6/h3,5-6H,1-2,4H2,(H,12,13)(H,14,15). The number of carboxylic acids is 1. The maximum Gasteiger partial charge on any atom is 0.354 e. The lowest BCUT2D eigenvalue weighted by molar-refractivity contribution is 0.0690. The molecule has 1 fully saturated rings. The van der Waals surface area contributed by atoms with E-state index in [2.05, 4.69) is 10.3 Å². The number of nitrogens with zero attached hydrogens (tertiary/aromatic N) is 1. The number of aromatic carboxylic acids is 1. The molecule has 0 atom stereocenters. The molecular formula is C10H11FN2O2. The van der Waals surface area contributed by atoms with Crippen molar-refractivity contribution < 1.29 is 14.3 Å². The molecule has 15 heavy (non-hydrogen) atoms. The number of hydrogen-bond donors (Lipinski definition) is 2. The van der Waals surface area contributed by atoms with Gasteiger partial charge in [0.15, 0.2) is 5.82 Å². The van der Waals surface area contributed by atoms with Crippen LogP contribution in [0.15, 0.2) is 12.3 Å². The van der Waals surface area contributed by atoms with Gasteiger partial charge in [0.05, 0.1) is 11.9 Å². The van der Waals surface area contributed by atoms with Crippen molar-refractivity contribution >= 4 is 11.7 Å². The summed E-state index contributed by atoms with van der Waals surface area (Å²) in [6.45, 7) is 0.694. The summed E-state index contributed by atoms with van der Waals surface area (Å²) < 4.78 is 13.2. The van der Waals surface area contributed by atoms with E-state index in [9.17, 15) is 9.18 Å². The third-order valence-electron chi connectivity index (χ3n) is 2.35. The molecule has 4 nitrogen and oxygen atoms in total. The van der Waals surface area contributed by atoms with E-state index in [0.29, 0.717) is 12.5 Å². The Hall–Kier alpha value is -1.65. The van der Waals surface area contributed by atoms with Gasteiger partial charge in [-0.3, -0.25) is 0 Å². The summed E-state index contributed by atoms with van der Waals surface area (Å²) in [5.41, 5.74) is 0.0731. The van der Waals surface area contributed by atoms with Gasteiger partial charge in [-0.1, -0.05) is 0 Å². The monoisotopic (exact) mass is 210 g/mol. The van der Waals surface area contributed by atoms with E-state index >= 15 is 0 Å². The summed E-state index contributed by atoms with van der Waals surface area (Å²) in [4.78, 5) is 14.1. The molecule has 0 aliphatic heterocycles. The average Bonchev–Trinajstić information content (AvgIpc) is 3.00. The van der Waals surface area contributed by atoms with Gasteiger partial charge in [0, 0.05) is 6.54 Å². The number of hydrogen-bond acceptors (Lipinski definition) is 3. The predicted octanol–water partition coefficient (Wildman–Crippen LogP) is 1.74. The Morgan fingerprint density at radius 3 is 3.00 bits per heavy atom. The molecule has 2 N–H and O–H groups in total. The molecule has 1 aromatic heterocycles. The molecule has 5 heteroatoms. The molecule has 80 valence electrons. The lowest BCUT2D eigenvalue weighted by Crippen LogP contribution is -2.08. The Kier molecular flexibility index (Phi) is 2.53. The van der Waals surface area contributed by atoms with E-state index in [1.807, 2.05) is 0 Å². The van der Waals surface area contributed by atoms with Crippen molar-refractivity contribution in [2.45, 2.75) is 12.8 Å². The second-order valence-corrected chi connectivity index (χ2v) is 3.68. The maximum absolute atomic E-state index is 13.2. The van der Waals surface area contributed by atoms with Gasteiger partial charge in [-0.05, 0) is 24.8 Å². The number of carbonyl (C=O) groups is 1. The van der Waals surface area contributed by atoms with E-state index in [1.54, 1.807) is 0 Å². The average molecular weight is 210 g/mol. The van der Waals surface area contributed by atoms with Crippen LogP contribution in [0.1, 0.15) is 23.3 Å². The van der Waals surface area contributed by atoms with E-state index in [1.165, 1.54) is 6.07 Å². The second kappa shape index (κ2) is 3.84. The van der Waals surface area contributed by atoms with E-state index in [0.717, 1.165) is 19.0 Å². The summed E-state index contributed by atoms with van der Waals surface area (Å²) in [5, 5.41) is 11.6. The van der Waals surface area contributed by atoms with Crippen LogP contribution in [0.3, 0.4) is 0 Å². The summed E-state index contributed by atoms with van der Waals surface area (Å²) in [7, 11) is 0. The Morgan fingerprint density at radius 2 is 2.40 bits per heavy atom. The summed E-state index contributed by atoms with van der Waals surface area (Å²) >= 11 is 0. The first-order valence-corrected chi connectivity index (χ1v) is 4.79. The number of halogens is 1. The molecule has 1 aliphatic rings. The van der Waals surface area contributed by atoms with Gasteiger partial charge in [0.1, 0.15) is 5.69 Å². The van der Waals surface area contributed by atoms with Gasteiger partial charge in [0.25, 0.3) is 0 Å². The Balaban J connectivity index is 2.12. The van der Waals surface area contributed by atoms with Crippen molar-refractivity contribution in [3.8, 4) is 0 Å². The molecule has 1 saturated carbocycles. The fourth-order valence-corrected chi connectivity index (χ4v) is 1.27. The van der Waals surface area contributed by atoms with Gasteiger partial charge in [0.2, 0.25) is 0 Å². The fraction of sp³-hybridized carbons (Fsp3) is 0.400. The maximum atomic E-state index is 13.2. The van der Waals surface area contributed by atoms with Crippen molar-refractivity contribution in [1.82, 2.24) is 4.98 Å². The zero-order valence-electron chi connectivity index (χ0n) is 8.03. The normalized spacial score (nSPS) is 15.0. The van der Waals surface area contributed by atoms with Gasteiger partial charge in [-0.15, -0.1) is 0 Å². The zero-order chi connectivity index (χ0) is 10.8. The molecule has 1 heterocycles. The van der Waals surface area contributed by atoms with Gasteiger partial charge >= 0.3 is 5.97 Å². The van der Waals surface area contributed by atoms with Gasteiger partial charge in [-0.25, -0.2) is 14.2 Å². The van der Waals surface area contributed by atoms with Gasteiger partial charge < -0.3 is 10.4 Å². The summed E-state index contributed by atoms with van der Waals surface area (Å²) in [6.07, 6.45) is 3.25. The highest BCUT2D eigenvalue weighted by Gasteiger charge is 2.21. The number of aromatic nitrogens is 1. The van der Waals surface area contributed by atoms with Crippen LogP contribution in [-0.2, 0) is 0 Å². The number of anilines is 1. The Labute approximate surface area is 86.1 Å². The summed E-state index contributed by atoms with van der Waals surface area (Å²) in [6, 6.07) is 1.22. The highest BCUT2D eigenvalue weighted by atomic mass is 19.1. The Morgan fingerprint density at radius 1 is 1.67 bits per heavy atom. The second-order valence-electron chi connectivity index (χ2n) is 3.68. The largest absolute Gasteiger partial charge is 0.477 e. The molecule has 0 bridgehead atoms. The number of pyridine rings is 1. The van der Waals surface area contributed by atoms with E-state index < -0.39 is 11.8 Å². The molecule has 0 saturated heterocycles. The van der Waals surface area contributed by atoms with Crippen LogP contribution >= 0.6 is 0 Å². The highest BCUT2D eigenvalue weighted by Crippen LogP contribution is 2.29. The quantitative estimate of drug-likeness (QED) is 0.794. The predicted molar refractivity (Wildman–Crippen MR) is 52.4 cm³/mol. The lowest BCUT2D eigenvalue weighted by atomic mass is 10.3. The third-order valence-corrected chi connectivity index (χ3v) is 2.35. The highest BCUT2D eigenvalue weighted by molar-refractivity contribution is 5.86. The minimum Gasteiger partial charge on any atom is -0.477 e. The molecule has 0 amide bonds. The number of nitrogens with one attached hydrogen (secondary N) is 1. The molecule has 1 aromatic rings. The van der Waals surface area contributed by atoms with Crippen LogP contribution in [0.4, 0.5) is 10.1 Å². The lowest BCUT2D eigenvalue weighted by Gasteiger charge is -2.06. The molecule has 0 aromatic carbocycles. The van der Waals surface area contributed by atoms with Crippen LogP contribution in [0.2, 0.25) is 0 Å². The zero-order valence-corrected chi connectivity index (χ0v) is 8.03. The van der Waals surface area contributed by atoms with Crippen molar-refractivity contribution in [1.29, 1.82) is 0 Å². The number of carboxylic acid groups (broad SMARTS) is 1. The van der Waals surface area contributed by atoms with Gasteiger partial charge in [-0.2, -0.15) is 0 Å². The molecule has 1 aliphatic carbocycles. The SMILES string of the molecule is O=C(O)c1cc(NCC2CC2)c(F)cn1. The van der Waals surface area contributed by atoms with Crippen LogP contribution < -0.4 is 5.32 Å². The molecule has 2 rings (SSSR count). The molecule has 0 unspecified atom stereocenters. The van der Waals surface area contributed by atoms with E-state index in [4.69, 9.17) is 5.11 Å². The molecule has 0 spiro atoms. The first-order valence-electron chi connectivity index (χ1n) is 4.79. The van der Waals surface area contributed by atoms with Crippen molar-refractivity contribution in [3.63, 3.8) is 0 Å². The first-order chi connectivity index (χ1) is 7.16. The smallest absolute Gasteiger partial charge is 0.354 e. The van der Waals surface area contributed by atoms with Crippen molar-refractivity contribution in [3.05, 3.63) is 23.8 Å². The fourth-order valence-electron chi connectivity index (χ4n) is 1.27. The number of rotatable bonds is 4. The molecule has 0 radical (unpaired) electrons. The Bertz CT molecular complexity index is 391. The van der Waals surface area contributed by atoms with Crippen LogP contribution in [0, 0.1) is 11.7 Å². The third kappa shape index (κ3) is 2.43. The first kappa shape index (κ1) is 9.89.